The van der Waals surface area contributed by atoms with E-state index in [0.717, 1.165) is 32.6 Å². The van der Waals surface area contributed by atoms with Gasteiger partial charge >= 0.3 is 0 Å². The smallest absolute Gasteiger partial charge is 0.264 e. The SMILES string of the molecule is Cc1ccc(S(=O)(=O)N(CC(=O)N(Cc2ccccc2C)[C@@H](Cc2ccccc2)C(=O)NC(C)C)c2ccccc2F)cc1. The van der Waals surface area contributed by atoms with Crippen molar-refractivity contribution in [2.75, 3.05) is 10.8 Å². The second-order valence-electron chi connectivity index (χ2n) is 11.1. The first-order chi connectivity index (χ1) is 21.0. The van der Waals surface area contributed by atoms with Gasteiger partial charge in [-0.25, -0.2) is 12.8 Å². The van der Waals surface area contributed by atoms with Gasteiger partial charge in [-0.05, 0) is 68.7 Å². The highest BCUT2D eigenvalue weighted by Crippen LogP contribution is 2.27. The van der Waals surface area contributed by atoms with Gasteiger partial charge in [0, 0.05) is 19.0 Å². The molecule has 0 heterocycles. The molecule has 7 nitrogen and oxygen atoms in total. The highest BCUT2D eigenvalue weighted by atomic mass is 32.2. The molecule has 230 valence electrons. The minimum Gasteiger partial charge on any atom is -0.352 e. The molecule has 0 aliphatic heterocycles. The number of hydrogen-bond donors (Lipinski definition) is 1. The minimum atomic E-state index is -4.38. The topological polar surface area (TPSA) is 86.8 Å². The first-order valence-electron chi connectivity index (χ1n) is 14.5. The van der Waals surface area contributed by atoms with Gasteiger partial charge in [0.25, 0.3) is 10.0 Å². The molecule has 0 saturated heterocycles. The van der Waals surface area contributed by atoms with Crippen molar-refractivity contribution in [3.63, 3.8) is 0 Å². The van der Waals surface area contributed by atoms with E-state index in [2.05, 4.69) is 5.32 Å². The number of para-hydroxylation sites is 1. The molecular weight excluding hydrogens is 577 g/mol. The molecule has 0 aliphatic carbocycles. The second kappa shape index (κ2) is 14.3. The van der Waals surface area contributed by atoms with Crippen molar-refractivity contribution in [2.45, 2.75) is 57.6 Å². The van der Waals surface area contributed by atoms with Crippen LogP contribution < -0.4 is 9.62 Å². The lowest BCUT2D eigenvalue weighted by Crippen LogP contribution is -2.54. The van der Waals surface area contributed by atoms with Gasteiger partial charge in [0.15, 0.2) is 0 Å². The Morgan fingerprint density at radius 1 is 0.818 bits per heavy atom. The summed E-state index contributed by atoms with van der Waals surface area (Å²) in [7, 11) is -4.38. The van der Waals surface area contributed by atoms with Crippen LogP contribution in [-0.2, 0) is 32.6 Å². The zero-order valence-electron chi connectivity index (χ0n) is 25.4. The van der Waals surface area contributed by atoms with Crippen molar-refractivity contribution in [2.24, 2.45) is 0 Å². The summed E-state index contributed by atoms with van der Waals surface area (Å²) in [6.07, 6.45) is 0.196. The van der Waals surface area contributed by atoms with Gasteiger partial charge < -0.3 is 10.2 Å². The van der Waals surface area contributed by atoms with E-state index in [-0.39, 0.29) is 35.5 Å². The van der Waals surface area contributed by atoms with Crippen LogP contribution in [0.5, 0.6) is 0 Å². The average molecular weight is 616 g/mol. The van der Waals surface area contributed by atoms with Crippen LogP contribution in [0.1, 0.15) is 36.1 Å². The van der Waals surface area contributed by atoms with Crippen LogP contribution >= 0.6 is 0 Å². The van der Waals surface area contributed by atoms with Crippen LogP contribution in [-0.4, -0.2) is 43.8 Å². The van der Waals surface area contributed by atoms with E-state index in [0.29, 0.717) is 0 Å². The molecule has 0 aromatic heterocycles. The number of benzene rings is 4. The predicted molar refractivity (Wildman–Crippen MR) is 171 cm³/mol. The lowest BCUT2D eigenvalue weighted by molar-refractivity contribution is -0.140. The number of sulfonamides is 1. The number of carbonyl (C=O) groups is 2. The highest BCUT2D eigenvalue weighted by molar-refractivity contribution is 7.92. The fourth-order valence-electron chi connectivity index (χ4n) is 4.91. The first-order valence-corrected chi connectivity index (χ1v) is 15.9. The molecule has 0 unspecified atom stereocenters. The van der Waals surface area contributed by atoms with Crippen LogP contribution in [0, 0.1) is 19.7 Å². The molecule has 4 rings (SSSR count). The Hall–Kier alpha value is -4.50. The largest absolute Gasteiger partial charge is 0.352 e. The standard InChI is InChI=1S/C35H38FN3O4S/c1-25(2)37-35(41)33(22-28-13-6-5-7-14-28)38(23-29-15-9-8-12-27(29)4)34(40)24-39(32-17-11-10-16-31(32)36)44(42,43)30-20-18-26(3)19-21-30/h5-21,25,33H,22-24H2,1-4H3,(H,37,41)/t33-/m0/s1. The van der Waals surface area contributed by atoms with Gasteiger partial charge in [0.1, 0.15) is 18.4 Å². The molecule has 0 saturated carbocycles. The van der Waals surface area contributed by atoms with E-state index in [4.69, 9.17) is 0 Å². The van der Waals surface area contributed by atoms with Crippen molar-refractivity contribution >= 4 is 27.5 Å². The zero-order valence-corrected chi connectivity index (χ0v) is 26.2. The Balaban J connectivity index is 1.82. The number of halogens is 1. The number of aryl methyl sites for hydroxylation is 2. The summed E-state index contributed by atoms with van der Waals surface area (Å²) in [6, 6.07) is 27.2. The van der Waals surface area contributed by atoms with Crippen LogP contribution in [0.3, 0.4) is 0 Å². The Morgan fingerprint density at radius 2 is 1.43 bits per heavy atom. The van der Waals surface area contributed by atoms with Crippen LogP contribution in [0.25, 0.3) is 0 Å². The third-order valence-electron chi connectivity index (χ3n) is 7.31. The molecular formula is C35H38FN3O4S. The average Bonchev–Trinajstić information content (AvgIpc) is 2.99. The monoisotopic (exact) mass is 615 g/mol. The first kappa shape index (κ1) is 32.4. The van der Waals surface area contributed by atoms with Crippen molar-refractivity contribution in [3.8, 4) is 0 Å². The van der Waals surface area contributed by atoms with Crippen molar-refractivity contribution < 1.29 is 22.4 Å². The second-order valence-corrected chi connectivity index (χ2v) is 13.0. The van der Waals surface area contributed by atoms with Gasteiger partial charge in [0.2, 0.25) is 11.8 Å². The summed E-state index contributed by atoms with van der Waals surface area (Å²) in [6.45, 7) is 6.73. The van der Waals surface area contributed by atoms with Crippen LogP contribution in [0.15, 0.2) is 108 Å². The highest BCUT2D eigenvalue weighted by Gasteiger charge is 2.35. The van der Waals surface area contributed by atoms with E-state index in [1.807, 2.05) is 82.3 Å². The summed E-state index contributed by atoms with van der Waals surface area (Å²) in [5, 5.41) is 2.93. The number of rotatable bonds is 12. The van der Waals surface area contributed by atoms with Crippen LogP contribution in [0.4, 0.5) is 10.1 Å². The summed E-state index contributed by atoms with van der Waals surface area (Å²) >= 11 is 0. The fraction of sp³-hybridized carbons (Fsp3) is 0.257. The predicted octanol–water partition coefficient (Wildman–Crippen LogP) is 5.80. The van der Waals surface area contributed by atoms with E-state index in [1.165, 1.54) is 35.2 Å². The van der Waals surface area contributed by atoms with Gasteiger partial charge in [-0.3, -0.25) is 13.9 Å². The number of nitrogens with one attached hydrogen (secondary N) is 1. The van der Waals surface area contributed by atoms with Gasteiger partial charge in [-0.1, -0.05) is 84.4 Å². The maximum Gasteiger partial charge on any atom is 0.264 e. The molecule has 4 aromatic carbocycles. The Labute approximate surface area is 259 Å². The maximum absolute atomic E-state index is 15.2. The maximum atomic E-state index is 15.2. The molecule has 1 N–H and O–H groups in total. The van der Waals surface area contributed by atoms with E-state index < -0.39 is 34.3 Å². The summed E-state index contributed by atoms with van der Waals surface area (Å²) in [5.74, 6) is -1.81. The van der Waals surface area contributed by atoms with E-state index in [9.17, 15) is 18.0 Å². The quantitative estimate of drug-likeness (QED) is 0.218. The molecule has 2 amide bonds. The zero-order chi connectivity index (χ0) is 31.9. The number of anilines is 1. The Kier molecular flexibility index (Phi) is 10.5. The van der Waals surface area contributed by atoms with Crippen molar-refractivity contribution in [1.29, 1.82) is 0 Å². The molecule has 0 aliphatic rings. The molecule has 0 spiro atoms. The van der Waals surface area contributed by atoms with E-state index >= 15 is 4.39 Å². The number of amides is 2. The Morgan fingerprint density at radius 3 is 2.07 bits per heavy atom. The van der Waals surface area contributed by atoms with E-state index in [1.54, 1.807) is 12.1 Å². The van der Waals surface area contributed by atoms with Gasteiger partial charge in [0.05, 0.1) is 10.6 Å². The van der Waals surface area contributed by atoms with Crippen molar-refractivity contribution in [1.82, 2.24) is 10.2 Å². The number of hydrogen-bond acceptors (Lipinski definition) is 4. The fourth-order valence-corrected chi connectivity index (χ4v) is 6.33. The van der Waals surface area contributed by atoms with Gasteiger partial charge in [-0.2, -0.15) is 0 Å². The lowest BCUT2D eigenvalue weighted by atomic mass is 10.0. The normalized spacial score (nSPS) is 12.0. The van der Waals surface area contributed by atoms with Crippen LogP contribution in [0.2, 0.25) is 0 Å². The minimum absolute atomic E-state index is 0.0458. The molecule has 4 aromatic rings. The summed E-state index contributed by atoms with van der Waals surface area (Å²) in [5.41, 5.74) is 3.13. The lowest BCUT2D eigenvalue weighted by Gasteiger charge is -2.34. The molecule has 44 heavy (non-hydrogen) atoms. The summed E-state index contributed by atoms with van der Waals surface area (Å²) in [4.78, 5) is 29.5. The molecule has 9 heteroatoms. The third-order valence-corrected chi connectivity index (χ3v) is 9.09. The Bertz CT molecular complexity index is 1690. The number of nitrogens with zero attached hydrogens (tertiary/aromatic N) is 2. The van der Waals surface area contributed by atoms with Gasteiger partial charge in [-0.15, -0.1) is 0 Å². The number of carbonyl (C=O) groups excluding carboxylic acids is 2. The molecule has 0 fully saturated rings. The molecule has 0 radical (unpaired) electrons. The summed E-state index contributed by atoms with van der Waals surface area (Å²) < 4.78 is 44.0. The molecule has 1 atom stereocenters. The molecule has 0 bridgehead atoms. The third kappa shape index (κ3) is 7.90. The van der Waals surface area contributed by atoms with Crippen molar-refractivity contribution in [3.05, 3.63) is 131 Å².